The zero-order chi connectivity index (χ0) is 14.4. The number of anilines is 1. The number of nitrogens with zero attached hydrogens (tertiary/aromatic N) is 1. The number of rotatable bonds is 6. The van der Waals surface area contributed by atoms with Gasteiger partial charge in [0.2, 0.25) is 5.91 Å². The van der Waals surface area contributed by atoms with E-state index in [1.807, 2.05) is 19.1 Å². The normalized spacial score (nSPS) is 14.7. The van der Waals surface area contributed by atoms with Gasteiger partial charge in [-0.05, 0) is 37.2 Å². The standard InChI is InChI=1S/C15H21N3O2/c1-2-16-9-10-17-15(20)12-5-7-13(8-6-12)18-11-3-4-14(18)19/h5-8,16H,2-4,9-11H2,1H3,(H,17,20). The molecule has 0 bridgehead atoms. The molecule has 2 amide bonds. The Hall–Kier alpha value is -1.88. The van der Waals surface area contributed by atoms with E-state index in [9.17, 15) is 9.59 Å². The lowest BCUT2D eigenvalue weighted by atomic mass is 10.2. The summed E-state index contributed by atoms with van der Waals surface area (Å²) in [7, 11) is 0. The van der Waals surface area contributed by atoms with Crippen LogP contribution in [0.1, 0.15) is 30.1 Å². The first-order valence-electron chi connectivity index (χ1n) is 7.11. The summed E-state index contributed by atoms with van der Waals surface area (Å²) in [5.41, 5.74) is 1.49. The van der Waals surface area contributed by atoms with E-state index in [2.05, 4.69) is 10.6 Å². The Labute approximate surface area is 119 Å². The van der Waals surface area contributed by atoms with Gasteiger partial charge < -0.3 is 15.5 Å². The lowest BCUT2D eigenvalue weighted by Crippen LogP contribution is -2.31. The van der Waals surface area contributed by atoms with E-state index in [4.69, 9.17) is 0 Å². The van der Waals surface area contributed by atoms with E-state index in [0.29, 0.717) is 18.5 Å². The monoisotopic (exact) mass is 275 g/mol. The van der Waals surface area contributed by atoms with Crippen molar-refractivity contribution < 1.29 is 9.59 Å². The quantitative estimate of drug-likeness (QED) is 0.766. The van der Waals surface area contributed by atoms with Crippen molar-refractivity contribution in [2.75, 3.05) is 31.1 Å². The van der Waals surface area contributed by atoms with Gasteiger partial charge in [-0.3, -0.25) is 9.59 Å². The van der Waals surface area contributed by atoms with E-state index in [-0.39, 0.29) is 11.8 Å². The number of amides is 2. The van der Waals surface area contributed by atoms with E-state index < -0.39 is 0 Å². The van der Waals surface area contributed by atoms with Crippen molar-refractivity contribution in [2.24, 2.45) is 0 Å². The first-order chi connectivity index (χ1) is 9.72. The topological polar surface area (TPSA) is 61.4 Å². The maximum Gasteiger partial charge on any atom is 0.251 e. The predicted molar refractivity (Wildman–Crippen MR) is 78.9 cm³/mol. The Morgan fingerprint density at radius 3 is 2.60 bits per heavy atom. The molecule has 1 heterocycles. The first-order valence-corrected chi connectivity index (χ1v) is 7.11. The molecule has 2 rings (SSSR count). The summed E-state index contributed by atoms with van der Waals surface area (Å²) in [5, 5.41) is 6.00. The fourth-order valence-corrected chi connectivity index (χ4v) is 2.26. The van der Waals surface area contributed by atoms with Crippen LogP contribution in [0.2, 0.25) is 0 Å². The molecule has 0 aliphatic carbocycles. The number of hydrogen-bond donors (Lipinski definition) is 2. The number of benzene rings is 1. The summed E-state index contributed by atoms with van der Waals surface area (Å²) >= 11 is 0. The second kappa shape index (κ2) is 7.05. The average Bonchev–Trinajstić information content (AvgIpc) is 2.90. The van der Waals surface area contributed by atoms with Crippen molar-refractivity contribution in [2.45, 2.75) is 19.8 Å². The van der Waals surface area contributed by atoms with Gasteiger partial charge >= 0.3 is 0 Å². The largest absolute Gasteiger partial charge is 0.351 e. The Morgan fingerprint density at radius 1 is 1.25 bits per heavy atom. The molecule has 1 aliphatic heterocycles. The fourth-order valence-electron chi connectivity index (χ4n) is 2.26. The molecule has 5 nitrogen and oxygen atoms in total. The molecule has 0 spiro atoms. The first kappa shape index (κ1) is 14.5. The van der Waals surface area contributed by atoms with Crippen molar-refractivity contribution >= 4 is 17.5 Å². The minimum Gasteiger partial charge on any atom is -0.351 e. The summed E-state index contributed by atoms with van der Waals surface area (Å²) in [6.07, 6.45) is 1.53. The van der Waals surface area contributed by atoms with Gasteiger partial charge in [-0.2, -0.15) is 0 Å². The van der Waals surface area contributed by atoms with Crippen LogP contribution in [0.4, 0.5) is 5.69 Å². The summed E-state index contributed by atoms with van der Waals surface area (Å²) < 4.78 is 0. The molecule has 1 aromatic carbocycles. The molecule has 108 valence electrons. The molecule has 1 saturated heterocycles. The van der Waals surface area contributed by atoms with E-state index in [1.54, 1.807) is 17.0 Å². The van der Waals surface area contributed by atoms with Crippen LogP contribution in [-0.2, 0) is 4.79 Å². The number of likely N-dealkylation sites (N-methyl/N-ethyl adjacent to an activating group) is 1. The minimum absolute atomic E-state index is 0.0813. The van der Waals surface area contributed by atoms with Gasteiger partial charge in [0, 0.05) is 37.3 Å². The maximum absolute atomic E-state index is 11.9. The molecule has 20 heavy (non-hydrogen) atoms. The Kier molecular flexibility index (Phi) is 5.12. The lowest BCUT2D eigenvalue weighted by molar-refractivity contribution is -0.117. The minimum atomic E-state index is -0.0813. The van der Waals surface area contributed by atoms with E-state index in [1.165, 1.54) is 0 Å². The van der Waals surface area contributed by atoms with Crippen molar-refractivity contribution in [1.82, 2.24) is 10.6 Å². The summed E-state index contributed by atoms with van der Waals surface area (Å²) in [6, 6.07) is 7.21. The Balaban J connectivity index is 1.90. The second-order valence-corrected chi connectivity index (χ2v) is 4.81. The number of hydrogen-bond acceptors (Lipinski definition) is 3. The van der Waals surface area contributed by atoms with Crippen LogP contribution < -0.4 is 15.5 Å². The van der Waals surface area contributed by atoms with Gasteiger partial charge in [0.05, 0.1) is 0 Å². The van der Waals surface area contributed by atoms with Crippen LogP contribution in [0.15, 0.2) is 24.3 Å². The highest BCUT2D eigenvalue weighted by atomic mass is 16.2. The lowest BCUT2D eigenvalue weighted by Gasteiger charge is -2.15. The highest BCUT2D eigenvalue weighted by Gasteiger charge is 2.21. The molecule has 1 fully saturated rings. The molecule has 0 atom stereocenters. The maximum atomic E-state index is 11.9. The fraction of sp³-hybridized carbons (Fsp3) is 0.467. The molecule has 1 aromatic rings. The van der Waals surface area contributed by atoms with Crippen LogP contribution >= 0.6 is 0 Å². The second-order valence-electron chi connectivity index (χ2n) is 4.81. The third-order valence-electron chi connectivity index (χ3n) is 3.35. The van der Waals surface area contributed by atoms with Crippen molar-refractivity contribution in [3.05, 3.63) is 29.8 Å². The molecule has 1 aliphatic rings. The SMILES string of the molecule is CCNCCNC(=O)c1ccc(N2CCCC2=O)cc1. The third-order valence-corrected chi connectivity index (χ3v) is 3.35. The van der Waals surface area contributed by atoms with Crippen molar-refractivity contribution in [1.29, 1.82) is 0 Å². The van der Waals surface area contributed by atoms with E-state index in [0.717, 1.165) is 31.7 Å². The Bertz CT molecular complexity index is 471. The van der Waals surface area contributed by atoms with E-state index >= 15 is 0 Å². The zero-order valence-electron chi connectivity index (χ0n) is 11.8. The Morgan fingerprint density at radius 2 is 2.00 bits per heavy atom. The molecule has 0 saturated carbocycles. The van der Waals surface area contributed by atoms with Gasteiger partial charge in [0.1, 0.15) is 0 Å². The molecular formula is C15H21N3O2. The number of carbonyl (C=O) groups excluding carboxylic acids is 2. The summed E-state index contributed by atoms with van der Waals surface area (Å²) in [5.74, 6) is 0.0787. The highest BCUT2D eigenvalue weighted by Crippen LogP contribution is 2.21. The van der Waals surface area contributed by atoms with Crippen LogP contribution in [0.25, 0.3) is 0 Å². The average molecular weight is 275 g/mol. The van der Waals surface area contributed by atoms with Crippen LogP contribution in [-0.4, -0.2) is 38.0 Å². The van der Waals surface area contributed by atoms with Gasteiger partial charge in [-0.15, -0.1) is 0 Å². The van der Waals surface area contributed by atoms with Gasteiger partial charge in [0.15, 0.2) is 0 Å². The predicted octanol–water partition coefficient (Wildman–Crippen LogP) is 1.15. The summed E-state index contributed by atoms with van der Waals surface area (Å²) in [6.45, 7) is 5.07. The molecule has 0 aromatic heterocycles. The van der Waals surface area contributed by atoms with Crippen molar-refractivity contribution in [3.63, 3.8) is 0 Å². The van der Waals surface area contributed by atoms with Gasteiger partial charge in [0.25, 0.3) is 5.91 Å². The molecule has 2 N–H and O–H groups in total. The van der Waals surface area contributed by atoms with Crippen LogP contribution in [0.3, 0.4) is 0 Å². The number of nitrogens with one attached hydrogen (secondary N) is 2. The highest BCUT2D eigenvalue weighted by molar-refractivity contribution is 5.97. The van der Waals surface area contributed by atoms with Crippen LogP contribution in [0.5, 0.6) is 0 Å². The van der Waals surface area contributed by atoms with Crippen LogP contribution in [0, 0.1) is 0 Å². The smallest absolute Gasteiger partial charge is 0.251 e. The number of carbonyl (C=O) groups is 2. The molecule has 0 radical (unpaired) electrons. The van der Waals surface area contributed by atoms with Crippen molar-refractivity contribution in [3.8, 4) is 0 Å². The molecule has 0 unspecified atom stereocenters. The molecular weight excluding hydrogens is 254 g/mol. The van der Waals surface area contributed by atoms with Gasteiger partial charge in [-0.25, -0.2) is 0 Å². The third kappa shape index (κ3) is 3.57. The summed E-state index contributed by atoms with van der Waals surface area (Å²) in [4.78, 5) is 25.3. The molecule has 5 heteroatoms. The van der Waals surface area contributed by atoms with Gasteiger partial charge in [-0.1, -0.05) is 6.92 Å². The zero-order valence-corrected chi connectivity index (χ0v) is 11.8.